The number of allylic oxidation sites excluding steroid dienone is 2. The Hall–Kier alpha value is -1.80. The van der Waals surface area contributed by atoms with Crippen LogP contribution in [0.5, 0.6) is 5.75 Å². The van der Waals surface area contributed by atoms with Crippen molar-refractivity contribution in [3.8, 4) is 5.75 Å². The van der Waals surface area contributed by atoms with E-state index in [1.54, 1.807) is 36.4 Å². The zero-order valence-corrected chi connectivity index (χ0v) is 10.9. The van der Waals surface area contributed by atoms with Gasteiger partial charge in [0.15, 0.2) is 0 Å². The number of carbonyl (C=O) groups excluding carboxylic acids is 1. The monoisotopic (exact) mass is 265 g/mol. The van der Waals surface area contributed by atoms with Gasteiger partial charge in [-0.05, 0) is 12.1 Å². The molecule has 96 valence electrons. The maximum absolute atomic E-state index is 12.8. The Morgan fingerprint density at radius 2 is 1.83 bits per heavy atom. The smallest absolute Gasteiger partial charge is 0.409 e. The molecular formula is C13H16NO3P. The molecule has 0 atom stereocenters. The minimum atomic E-state index is -2.73. The van der Waals surface area contributed by atoms with E-state index in [1.165, 1.54) is 0 Å². The number of rotatable bonds is 6. The molecular weight excluding hydrogens is 249 g/mol. The van der Waals surface area contributed by atoms with Crippen molar-refractivity contribution in [3.63, 3.8) is 0 Å². The van der Waals surface area contributed by atoms with Crippen LogP contribution in [0.25, 0.3) is 0 Å². The van der Waals surface area contributed by atoms with Gasteiger partial charge in [0, 0.05) is 12.3 Å². The first-order valence-corrected chi connectivity index (χ1v) is 7.48. The van der Waals surface area contributed by atoms with Gasteiger partial charge in [-0.3, -0.25) is 0 Å². The van der Waals surface area contributed by atoms with E-state index >= 15 is 0 Å². The fourth-order valence-corrected chi connectivity index (χ4v) is 3.93. The minimum absolute atomic E-state index is 0.233. The first-order valence-electron chi connectivity index (χ1n) is 5.40. The lowest BCUT2D eigenvalue weighted by atomic mass is 10.3. The lowest BCUT2D eigenvalue weighted by molar-refractivity contribution is 0.211. The van der Waals surface area contributed by atoms with Crippen LogP contribution in [0.2, 0.25) is 0 Å². The first-order chi connectivity index (χ1) is 8.53. The van der Waals surface area contributed by atoms with Gasteiger partial charge < -0.3 is 15.0 Å². The van der Waals surface area contributed by atoms with Gasteiger partial charge in [-0.2, -0.15) is 0 Å². The Bertz CT molecular complexity index is 497. The number of primary amides is 1. The number of hydrogen-bond donors (Lipinski definition) is 1. The van der Waals surface area contributed by atoms with Gasteiger partial charge in [-0.1, -0.05) is 24.3 Å². The van der Waals surface area contributed by atoms with Crippen molar-refractivity contribution in [1.29, 1.82) is 0 Å². The Morgan fingerprint density at radius 3 is 2.33 bits per heavy atom. The molecule has 1 amide bonds. The molecule has 1 aromatic carbocycles. The molecule has 1 aromatic rings. The molecule has 0 aliphatic rings. The van der Waals surface area contributed by atoms with Gasteiger partial charge in [-0.25, -0.2) is 4.79 Å². The summed E-state index contributed by atoms with van der Waals surface area (Å²) in [5.74, 6) is 0.233. The first kappa shape index (κ1) is 14.3. The summed E-state index contributed by atoms with van der Waals surface area (Å²) >= 11 is 0. The molecule has 0 unspecified atom stereocenters. The Balaban J connectivity index is 3.27. The highest BCUT2D eigenvalue weighted by atomic mass is 31.2. The predicted molar refractivity (Wildman–Crippen MR) is 74.0 cm³/mol. The van der Waals surface area contributed by atoms with E-state index in [0.29, 0.717) is 17.6 Å². The normalized spacial score (nSPS) is 10.7. The average molecular weight is 265 g/mol. The van der Waals surface area contributed by atoms with Crippen molar-refractivity contribution < 1.29 is 14.1 Å². The second-order valence-corrected chi connectivity index (χ2v) is 6.71. The molecule has 4 nitrogen and oxygen atoms in total. The Labute approximate surface area is 107 Å². The summed E-state index contributed by atoms with van der Waals surface area (Å²) in [5, 5.41) is 0.489. The van der Waals surface area contributed by atoms with Crippen molar-refractivity contribution in [2.45, 2.75) is 0 Å². The standard InChI is InChI=1S/C13H16NO3P/c1-3-9-18(16,10-4-2)12-8-6-5-7-11(12)17-13(14)15/h3-8H,1-2,9-10H2,(H2,14,15). The number of nitrogens with two attached hydrogens (primary N) is 1. The molecule has 2 N–H and O–H groups in total. The maximum atomic E-state index is 12.8. The molecule has 0 saturated heterocycles. The van der Waals surface area contributed by atoms with Gasteiger partial charge in [0.2, 0.25) is 0 Å². The van der Waals surface area contributed by atoms with Crippen molar-refractivity contribution >= 4 is 18.5 Å². The van der Waals surface area contributed by atoms with Gasteiger partial charge >= 0.3 is 6.09 Å². The summed E-state index contributed by atoms with van der Waals surface area (Å²) in [6.45, 7) is 7.21. The van der Waals surface area contributed by atoms with E-state index in [4.69, 9.17) is 10.5 Å². The van der Waals surface area contributed by atoms with Crippen LogP contribution in [0.3, 0.4) is 0 Å². The second kappa shape index (κ2) is 6.22. The molecule has 0 heterocycles. The molecule has 1 rings (SSSR count). The van der Waals surface area contributed by atoms with E-state index in [9.17, 15) is 9.36 Å². The minimum Gasteiger partial charge on any atom is -0.410 e. The highest BCUT2D eigenvalue weighted by molar-refractivity contribution is 7.72. The third-order valence-electron chi connectivity index (χ3n) is 2.36. The number of carbonyl (C=O) groups is 1. The summed E-state index contributed by atoms with van der Waals surface area (Å²) in [6.07, 6.45) is 2.89. The van der Waals surface area contributed by atoms with Crippen LogP contribution in [0.15, 0.2) is 49.6 Å². The van der Waals surface area contributed by atoms with Crippen molar-refractivity contribution in [2.75, 3.05) is 12.3 Å². The summed E-state index contributed by atoms with van der Waals surface area (Å²) in [5.41, 5.74) is 4.99. The van der Waals surface area contributed by atoms with E-state index in [2.05, 4.69) is 13.2 Å². The van der Waals surface area contributed by atoms with Gasteiger partial charge in [-0.15, -0.1) is 13.2 Å². The third kappa shape index (κ3) is 3.34. The molecule has 0 radical (unpaired) electrons. The van der Waals surface area contributed by atoms with Crippen LogP contribution in [-0.4, -0.2) is 18.4 Å². The lowest BCUT2D eigenvalue weighted by Crippen LogP contribution is -2.21. The molecule has 5 heteroatoms. The fraction of sp³-hybridized carbons (Fsp3) is 0.154. The van der Waals surface area contributed by atoms with Crippen molar-refractivity contribution in [2.24, 2.45) is 5.73 Å². The zero-order valence-electron chi connectivity index (χ0n) is 10.0. The average Bonchev–Trinajstić information content (AvgIpc) is 2.29. The highest BCUT2D eigenvalue weighted by Gasteiger charge is 2.25. The SMILES string of the molecule is C=CCP(=O)(CC=C)c1ccccc1OC(N)=O. The van der Waals surface area contributed by atoms with Gasteiger partial charge in [0.1, 0.15) is 12.9 Å². The summed E-state index contributed by atoms with van der Waals surface area (Å²) in [7, 11) is -2.73. The Morgan fingerprint density at radius 1 is 1.28 bits per heavy atom. The van der Waals surface area contributed by atoms with Crippen LogP contribution in [0.4, 0.5) is 4.79 Å². The summed E-state index contributed by atoms with van der Waals surface area (Å²) in [6, 6.07) is 6.67. The van der Waals surface area contributed by atoms with E-state index < -0.39 is 13.2 Å². The lowest BCUT2D eigenvalue weighted by Gasteiger charge is -2.17. The fourth-order valence-electron chi connectivity index (χ4n) is 1.68. The molecule has 0 aromatic heterocycles. The Kier molecular flexibility index (Phi) is 4.93. The van der Waals surface area contributed by atoms with Crippen molar-refractivity contribution in [3.05, 3.63) is 49.6 Å². The van der Waals surface area contributed by atoms with Gasteiger partial charge in [0.05, 0.1) is 5.30 Å². The molecule has 0 saturated carbocycles. The highest BCUT2D eigenvalue weighted by Crippen LogP contribution is 2.46. The van der Waals surface area contributed by atoms with E-state index in [1.807, 2.05) is 0 Å². The number of para-hydroxylation sites is 1. The molecule has 0 bridgehead atoms. The summed E-state index contributed by atoms with van der Waals surface area (Å²) < 4.78 is 17.7. The van der Waals surface area contributed by atoms with Crippen LogP contribution < -0.4 is 15.8 Å². The molecule has 18 heavy (non-hydrogen) atoms. The number of amides is 1. The number of ether oxygens (including phenoxy) is 1. The molecule has 0 aliphatic carbocycles. The largest absolute Gasteiger partial charge is 0.410 e. The van der Waals surface area contributed by atoms with Crippen LogP contribution in [0.1, 0.15) is 0 Å². The molecule has 0 spiro atoms. The number of hydrogen-bond acceptors (Lipinski definition) is 3. The van der Waals surface area contributed by atoms with Crippen molar-refractivity contribution in [1.82, 2.24) is 0 Å². The number of benzene rings is 1. The quantitative estimate of drug-likeness (QED) is 0.634. The maximum Gasteiger partial charge on any atom is 0.409 e. The van der Waals surface area contributed by atoms with E-state index in [0.717, 1.165) is 0 Å². The van der Waals surface area contributed by atoms with E-state index in [-0.39, 0.29) is 5.75 Å². The predicted octanol–water partition coefficient (Wildman–Crippen LogP) is 2.50. The third-order valence-corrected chi connectivity index (χ3v) is 5.31. The van der Waals surface area contributed by atoms with Crippen LogP contribution in [-0.2, 0) is 4.57 Å². The van der Waals surface area contributed by atoms with Crippen LogP contribution in [0, 0.1) is 0 Å². The second-order valence-electron chi connectivity index (χ2n) is 3.72. The molecule has 0 fully saturated rings. The van der Waals surface area contributed by atoms with Crippen LogP contribution >= 0.6 is 7.14 Å². The zero-order chi connectivity index (χ0) is 13.6. The summed E-state index contributed by atoms with van der Waals surface area (Å²) in [4.78, 5) is 10.8. The topological polar surface area (TPSA) is 69.4 Å². The molecule has 0 aliphatic heterocycles. The van der Waals surface area contributed by atoms with Gasteiger partial charge in [0.25, 0.3) is 0 Å².